The second-order valence-corrected chi connectivity index (χ2v) is 5.45. The zero-order valence-corrected chi connectivity index (χ0v) is 13.3. The molecule has 0 radical (unpaired) electrons. The number of hydrogen-bond donors (Lipinski definition) is 1. The number of carbonyl (C=O) groups excluding carboxylic acids is 3. The van der Waals surface area contributed by atoms with Crippen LogP contribution in [-0.4, -0.2) is 29.5 Å². The first kappa shape index (κ1) is 16.9. The minimum absolute atomic E-state index is 0.127. The van der Waals surface area contributed by atoms with Crippen LogP contribution in [0.2, 0.25) is 0 Å². The van der Waals surface area contributed by atoms with Crippen LogP contribution < -0.4 is 5.43 Å². The van der Waals surface area contributed by atoms with E-state index >= 15 is 0 Å². The van der Waals surface area contributed by atoms with Crippen LogP contribution in [0.3, 0.4) is 0 Å². The molecule has 1 N–H and O–H groups in total. The van der Waals surface area contributed by atoms with Crippen molar-refractivity contribution in [1.29, 1.82) is 0 Å². The smallest absolute Gasteiger partial charge is 0.355 e. The van der Waals surface area contributed by atoms with Gasteiger partial charge in [0, 0.05) is 18.4 Å². The third kappa shape index (κ3) is 4.48. The molecular formula is C17H20N2O4. The van der Waals surface area contributed by atoms with Crippen LogP contribution in [0, 0.1) is 0 Å². The highest BCUT2D eigenvalue weighted by atomic mass is 16.5. The van der Waals surface area contributed by atoms with Crippen molar-refractivity contribution in [2.24, 2.45) is 5.10 Å². The summed E-state index contributed by atoms with van der Waals surface area (Å²) >= 11 is 0. The Balaban J connectivity index is 1.96. The van der Waals surface area contributed by atoms with Crippen molar-refractivity contribution in [3.05, 3.63) is 35.4 Å². The molecule has 1 amide bonds. The molecule has 0 bridgehead atoms. The Bertz CT molecular complexity index is 634. The van der Waals surface area contributed by atoms with Gasteiger partial charge in [-0.2, -0.15) is 5.10 Å². The normalized spacial score (nSPS) is 15.4. The fourth-order valence-corrected chi connectivity index (χ4v) is 2.26. The van der Waals surface area contributed by atoms with Gasteiger partial charge in [0.1, 0.15) is 5.71 Å². The van der Waals surface area contributed by atoms with E-state index in [4.69, 9.17) is 4.74 Å². The van der Waals surface area contributed by atoms with Crippen LogP contribution >= 0.6 is 0 Å². The van der Waals surface area contributed by atoms with Crippen molar-refractivity contribution in [3.8, 4) is 0 Å². The number of amides is 1. The average Bonchev–Trinajstić information content (AvgIpc) is 2.55. The van der Waals surface area contributed by atoms with Crippen molar-refractivity contribution < 1.29 is 19.1 Å². The minimum atomic E-state index is -0.903. The number of nitrogens with zero attached hydrogens (tertiary/aromatic N) is 1. The molecule has 6 nitrogen and oxygen atoms in total. The Morgan fingerprint density at radius 3 is 2.52 bits per heavy atom. The van der Waals surface area contributed by atoms with Gasteiger partial charge in [-0.3, -0.25) is 9.59 Å². The number of hydrazone groups is 1. The van der Waals surface area contributed by atoms with Crippen LogP contribution in [0.15, 0.2) is 29.4 Å². The highest BCUT2D eigenvalue weighted by Gasteiger charge is 2.24. The largest absolute Gasteiger partial charge is 0.450 e. The molecule has 1 unspecified atom stereocenters. The predicted molar refractivity (Wildman–Crippen MR) is 85.1 cm³/mol. The van der Waals surface area contributed by atoms with Gasteiger partial charge in [0.2, 0.25) is 11.7 Å². The Morgan fingerprint density at radius 2 is 1.96 bits per heavy atom. The third-order valence-electron chi connectivity index (χ3n) is 3.57. The van der Waals surface area contributed by atoms with Crippen molar-refractivity contribution >= 4 is 23.4 Å². The molecule has 0 aliphatic carbocycles. The van der Waals surface area contributed by atoms with Gasteiger partial charge in [0.25, 0.3) is 0 Å². The molecule has 0 fully saturated rings. The summed E-state index contributed by atoms with van der Waals surface area (Å²) in [6.07, 6.45) is 1.51. The van der Waals surface area contributed by atoms with E-state index in [1.165, 1.54) is 12.5 Å². The van der Waals surface area contributed by atoms with Gasteiger partial charge < -0.3 is 4.74 Å². The second kappa shape index (κ2) is 7.67. The van der Waals surface area contributed by atoms with Crippen LogP contribution in [0.5, 0.6) is 0 Å². The fraction of sp³-hybridized carbons (Fsp3) is 0.412. The van der Waals surface area contributed by atoms with Crippen molar-refractivity contribution in [1.82, 2.24) is 5.43 Å². The first-order valence-electron chi connectivity index (χ1n) is 7.70. The number of ether oxygens (including phenoxy) is 1. The van der Waals surface area contributed by atoms with Crippen LogP contribution in [0.4, 0.5) is 0 Å². The summed E-state index contributed by atoms with van der Waals surface area (Å²) in [4.78, 5) is 35.2. The minimum Gasteiger partial charge on any atom is -0.450 e. The molecule has 23 heavy (non-hydrogen) atoms. The number of ketones is 1. The molecule has 1 aliphatic heterocycles. The van der Waals surface area contributed by atoms with E-state index in [0.717, 1.165) is 12.8 Å². The Kier molecular flexibility index (Phi) is 5.62. The van der Waals surface area contributed by atoms with Crippen LogP contribution in [-0.2, 0) is 20.7 Å². The molecule has 1 aromatic rings. The highest BCUT2D eigenvalue weighted by Crippen LogP contribution is 2.11. The van der Waals surface area contributed by atoms with Gasteiger partial charge in [-0.25, -0.2) is 10.2 Å². The second-order valence-electron chi connectivity index (χ2n) is 5.45. The average molecular weight is 316 g/mol. The number of carbonyl (C=O) groups is 3. The first-order chi connectivity index (χ1) is 11.0. The van der Waals surface area contributed by atoms with E-state index in [0.29, 0.717) is 5.56 Å². The van der Waals surface area contributed by atoms with E-state index in [1.807, 2.05) is 12.1 Å². The Labute approximate surface area is 134 Å². The fourth-order valence-electron chi connectivity index (χ4n) is 2.26. The van der Waals surface area contributed by atoms with E-state index in [2.05, 4.69) is 17.5 Å². The maximum absolute atomic E-state index is 12.3. The summed E-state index contributed by atoms with van der Waals surface area (Å²) in [5.41, 5.74) is 4.03. The summed E-state index contributed by atoms with van der Waals surface area (Å²) < 4.78 is 5.15. The lowest BCUT2D eigenvalue weighted by Crippen LogP contribution is -2.34. The summed E-state index contributed by atoms with van der Waals surface area (Å²) in [5, 5.41) is 3.66. The Morgan fingerprint density at radius 1 is 1.26 bits per heavy atom. The SMILES string of the molecule is CCCc1ccc(C(=O)C(C)OC(=O)C2=NNC(=O)CC2)cc1. The summed E-state index contributed by atoms with van der Waals surface area (Å²) in [6, 6.07) is 7.31. The lowest BCUT2D eigenvalue weighted by molar-refractivity contribution is -0.138. The van der Waals surface area contributed by atoms with Crippen molar-refractivity contribution in [2.75, 3.05) is 0 Å². The van der Waals surface area contributed by atoms with Gasteiger partial charge in [0.05, 0.1) is 0 Å². The molecule has 0 aromatic heterocycles. The van der Waals surface area contributed by atoms with Crippen LogP contribution in [0.25, 0.3) is 0 Å². The summed E-state index contributed by atoms with van der Waals surface area (Å²) in [5.74, 6) is -1.17. The lowest BCUT2D eigenvalue weighted by Gasteiger charge is -2.15. The number of esters is 1. The number of Topliss-reactive ketones (excluding diaryl/α,β-unsaturated/α-hetero) is 1. The molecule has 2 rings (SSSR count). The van der Waals surface area contributed by atoms with Crippen molar-refractivity contribution in [3.63, 3.8) is 0 Å². The molecule has 0 saturated heterocycles. The molecule has 6 heteroatoms. The summed E-state index contributed by atoms with van der Waals surface area (Å²) in [6.45, 7) is 3.62. The first-order valence-corrected chi connectivity index (χ1v) is 7.70. The van der Waals surface area contributed by atoms with E-state index in [-0.39, 0.29) is 30.2 Å². The molecule has 1 atom stereocenters. The number of hydrogen-bond acceptors (Lipinski definition) is 5. The van der Waals surface area contributed by atoms with Gasteiger partial charge in [-0.1, -0.05) is 37.6 Å². The number of nitrogens with one attached hydrogen (secondary N) is 1. The van der Waals surface area contributed by atoms with E-state index in [1.54, 1.807) is 12.1 Å². The molecule has 1 aromatic carbocycles. The zero-order valence-electron chi connectivity index (χ0n) is 13.3. The van der Waals surface area contributed by atoms with Crippen molar-refractivity contribution in [2.45, 2.75) is 45.6 Å². The third-order valence-corrected chi connectivity index (χ3v) is 3.57. The predicted octanol–water partition coefficient (Wildman–Crippen LogP) is 2.02. The molecule has 122 valence electrons. The number of benzene rings is 1. The Hall–Kier alpha value is -2.50. The molecule has 1 heterocycles. The zero-order chi connectivity index (χ0) is 16.8. The highest BCUT2D eigenvalue weighted by molar-refractivity contribution is 6.37. The van der Waals surface area contributed by atoms with Gasteiger partial charge in [-0.15, -0.1) is 0 Å². The quantitative estimate of drug-likeness (QED) is 0.643. The number of rotatable bonds is 6. The maximum atomic E-state index is 12.3. The van der Waals surface area contributed by atoms with Gasteiger partial charge in [0.15, 0.2) is 6.10 Å². The van der Waals surface area contributed by atoms with Crippen LogP contribution in [0.1, 0.15) is 49.0 Å². The summed E-state index contributed by atoms with van der Waals surface area (Å²) in [7, 11) is 0. The topological polar surface area (TPSA) is 84.8 Å². The van der Waals surface area contributed by atoms with Gasteiger partial charge >= 0.3 is 5.97 Å². The molecule has 1 aliphatic rings. The van der Waals surface area contributed by atoms with E-state index < -0.39 is 12.1 Å². The molecule has 0 spiro atoms. The number of aryl methyl sites for hydroxylation is 1. The standard InChI is InChI=1S/C17H20N2O4/c1-3-4-12-5-7-13(8-6-12)16(21)11(2)23-17(22)14-9-10-15(20)19-18-14/h5-8,11H,3-4,9-10H2,1-2H3,(H,19,20). The maximum Gasteiger partial charge on any atom is 0.355 e. The molecule has 0 saturated carbocycles. The monoisotopic (exact) mass is 316 g/mol. The van der Waals surface area contributed by atoms with E-state index in [9.17, 15) is 14.4 Å². The molecular weight excluding hydrogens is 296 g/mol. The van der Waals surface area contributed by atoms with Gasteiger partial charge in [-0.05, 0) is 18.9 Å². The lowest BCUT2D eigenvalue weighted by atomic mass is 10.0.